The predicted molar refractivity (Wildman–Crippen MR) is 299 cm³/mol. The Kier molecular flexibility index (Phi) is 9.95. The zero-order chi connectivity index (χ0) is 47.1. The average molecular weight is 899 g/mol. The van der Waals surface area contributed by atoms with Crippen LogP contribution in [-0.2, 0) is 5.41 Å². The molecule has 4 heteroatoms. The molecule has 70 heavy (non-hydrogen) atoms. The number of para-hydroxylation sites is 3. The molecule has 1 N–H and O–H groups in total. The second-order valence-corrected chi connectivity index (χ2v) is 19.9. The van der Waals surface area contributed by atoms with E-state index in [0.29, 0.717) is 5.92 Å². The molecular formula is C66H53BN3. The van der Waals surface area contributed by atoms with Crippen LogP contribution in [0.25, 0.3) is 66.0 Å². The number of rotatable bonds is 9. The van der Waals surface area contributed by atoms with E-state index >= 15 is 0 Å². The fourth-order valence-electron chi connectivity index (χ4n) is 12.0. The summed E-state index contributed by atoms with van der Waals surface area (Å²) in [6.07, 6.45) is 2.27. The molecule has 3 nitrogen and oxygen atoms in total. The van der Waals surface area contributed by atoms with E-state index in [1.54, 1.807) is 0 Å². The van der Waals surface area contributed by atoms with Crippen molar-refractivity contribution in [1.82, 2.24) is 4.98 Å². The molecule has 0 unspecified atom stereocenters. The molecule has 10 aromatic carbocycles. The Balaban J connectivity index is 1.14. The van der Waals surface area contributed by atoms with Gasteiger partial charge in [0.1, 0.15) is 0 Å². The van der Waals surface area contributed by atoms with Gasteiger partial charge in [-0.1, -0.05) is 185 Å². The molecule has 0 saturated carbocycles. The first-order chi connectivity index (χ1) is 34.4. The van der Waals surface area contributed by atoms with Crippen molar-refractivity contribution in [2.45, 2.75) is 51.9 Å². The van der Waals surface area contributed by atoms with E-state index in [1.165, 1.54) is 93.9 Å². The van der Waals surface area contributed by atoms with Crippen molar-refractivity contribution in [3.63, 3.8) is 0 Å². The summed E-state index contributed by atoms with van der Waals surface area (Å²) in [5, 5.41) is 4.96. The topological polar surface area (TPSA) is 22.3 Å². The number of anilines is 6. The summed E-state index contributed by atoms with van der Waals surface area (Å²) >= 11 is 0. The second-order valence-electron chi connectivity index (χ2n) is 19.9. The number of nitrogens with one attached hydrogen (secondary N) is 1. The largest absolute Gasteiger partial charge is 0.354 e. The van der Waals surface area contributed by atoms with Gasteiger partial charge >= 0.3 is 0 Å². The van der Waals surface area contributed by atoms with Crippen LogP contribution in [0.15, 0.2) is 212 Å². The molecule has 13 rings (SSSR count). The molecule has 1 radical (unpaired) electrons. The number of hydrogen-bond acceptors (Lipinski definition) is 2. The van der Waals surface area contributed by atoms with Crippen molar-refractivity contribution < 1.29 is 0 Å². The zero-order valence-corrected chi connectivity index (χ0v) is 40.2. The van der Waals surface area contributed by atoms with Crippen molar-refractivity contribution >= 4 is 84.9 Å². The molecule has 1 atom stereocenters. The van der Waals surface area contributed by atoms with Crippen LogP contribution in [0.1, 0.15) is 63.1 Å². The van der Waals surface area contributed by atoms with Crippen LogP contribution < -0.4 is 20.7 Å². The summed E-state index contributed by atoms with van der Waals surface area (Å²) in [7, 11) is 2.49. The third kappa shape index (κ3) is 6.65. The maximum atomic E-state index is 3.98. The Morgan fingerprint density at radius 3 is 1.96 bits per heavy atom. The Bertz CT molecular complexity index is 3780. The highest BCUT2D eigenvalue weighted by atomic mass is 15.2. The first-order valence-corrected chi connectivity index (χ1v) is 25.0. The maximum Gasteiger partial charge on any atom is 0.197 e. The molecule has 2 aliphatic rings. The summed E-state index contributed by atoms with van der Waals surface area (Å²) in [4.78, 5) is 9.04. The number of aromatic nitrogens is 1. The molecule has 335 valence electrons. The van der Waals surface area contributed by atoms with E-state index in [4.69, 9.17) is 0 Å². The zero-order valence-electron chi connectivity index (χ0n) is 40.2. The fraction of sp³-hybridized carbons (Fsp3) is 0.121. The fourth-order valence-corrected chi connectivity index (χ4v) is 12.0. The van der Waals surface area contributed by atoms with Gasteiger partial charge in [0.25, 0.3) is 0 Å². The lowest BCUT2D eigenvalue weighted by Gasteiger charge is -2.40. The molecule has 1 aromatic heterocycles. The van der Waals surface area contributed by atoms with Gasteiger partial charge in [0, 0.05) is 61.3 Å². The molecule has 0 spiro atoms. The second kappa shape index (κ2) is 16.6. The summed E-state index contributed by atoms with van der Waals surface area (Å²) in [6, 6.07) is 78.9. The van der Waals surface area contributed by atoms with Crippen LogP contribution in [0, 0.1) is 0 Å². The van der Waals surface area contributed by atoms with Crippen LogP contribution in [0.4, 0.5) is 34.1 Å². The van der Waals surface area contributed by atoms with Crippen molar-refractivity contribution in [2.75, 3.05) is 9.80 Å². The summed E-state index contributed by atoms with van der Waals surface area (Å²) in [6.45, 7) is 9.55. The van der Waals surface area contributed by atoms with Crippen LogP contribution in [0.3, 0.4) is 0 Å². The third-order valence-electron chi connectivity index (χ3n) is 15.3. The SMILES string of the molecule is CCC[C@H](C)c1ccc(N2c3cc(N(c4ccccc4)c4ccccc4)ccc3[B]c3c(-c4cccc5c4[nH]c4cc6ccccc6cc45)cc4c(c32)C(C)(C)c2ccccc2-4)c(-c2ccccc2)c1. The van der Waals surface area contributed by atoms with Crippen molar-refractivity contribution in [3.8, 4) is 33.4 Å². The minimum absolute atomic E-state index is 0.314. The number of H-pyrrole nitrogens is 1. The Labute approximate surface area is 412 Å². The van der Waals surface area contributed by atoms with Gasteiger partial charge in [0.05, 0.1) is 11.2 Å². The normalized spacial score (nSPS) is 13.7. The van der Waals surface area contributed by atoms with Gasteiger partial charge in [-0.2, -0.15) is 0 Å². The van der Waals surface area contributed by atoms with Crippen LogP contribution >= 0.6 is 0 Å². The monoisotopic (exact) mass is 898 g/mol. The van der Waals surface area contributed by atoms with E-state index in [2.05, 4.69) is 262 Å². The van der Waals surface area contributed by atoms with Crippen molar-refractivity contribution in [2.24, 2.45) is 0 Å². The smallest absolute Gasteiger partial charge is 0.197 e. The van der Waals surface area contributed by atoms with E-state index in [0.717, 1.165) is 46.6 Å². The summed E-state index contributed by atoms with van der Waals surface area (Å²) in [5.74, 6) is 0.423. The minimum atomic E-state index is -0.314. The highest BCUT2D eigenvalue weighted by molar-refractivity contribution is 6.73. The highest BCUT2D eigenvalue weighted by Crippen LogP contribution is 2.57. The summed E-state index contributed by atoms with van der Waals surface area (Å²) in [5.41, 5.74) is 22.7. The maximum absolute atomic E-state index is 3.98. The Morgan fingerprint density at radius 1 is 0.543 bits per heavy atom. The quantitative estimate of drug-likeness (QED) is 0.146. The first-order valence-electron chi connectivity index (χ1n) is 25.0. The average Bonchev–Trinajstić information content (AvgIpc) is 3.88. The van der Waals surface area contributed by atoms with E-state index in [-0.39, 0.29) is 5.41 Å². The standard InChI is InChI=1S/C66H53BN3/c1-5-20-42(2)44-33-36-60(53(37-44)43-21-9-6-10-22-43)70-61-40-49(69(47-25-11-7-12-26-47)48-27-13-8-14-28-48)34-35-58(61)67-63-56(41-55-50-29-17-18-32-57(50)66(3,4)62(55)65(63)70)52-31-19-30-51-54-38-45-23-15-16-24-46(45)39-59(54)68-64(51)52/h6-19,21-42,68H,5,20H2,1-4H3/t42-/m0/s1. The van der Waals surface area contributed by atoms with E-state index < -0.39 is 0 Å². The molecule has 1 aliphatic carbocycles. The van der Waals surface area contributed by atoms with Gasteiger partial charge in [-0.25, -0.2) is 0 Å². The Hall–Kier alpha value is -8.08. The number of benzene rings is 10. The highest BCUT2D eigenvalue weighted by Gasteiger charge is 2.43. The molecular weight excluding hydrogens is 846 g/mol. The lowest BCUT2D eigenvalue weighted by atomic mass is 9.56. The molecule has 0 bridgehead atoms. The minimum Gasteiger partial charge on any atom is -0.354 e. The van der Waals surface area contributed by atoms with Crippen LogP contribution in [0.2, 0.25) is 0 Å². The van der Waals surface area contributed by atoms with Gasteiger partial charge in [-0.3, -0.25) is 0 Å². The number of nitrogens with zero attached hydrogens (tertiary/aromatic N) is 2. The first kappa shape index (κ1) is 42.1. The number of fused-ring (bicyclic) bond motifs is 10. The van der Waals surface area contributed by atoms with Crippen molar-refractivity contribution in [3.05, 3.63) is 229 Å². The third-order valence-corrected chi connectivity index (χ3v) is 15.3. The van der Waals surface area contributed by atoms with Gasteiger partial charge in [0.2, 0.25) is 0 Å². The molecule has 2 heterocycles. The van der Waals surface area contributed by atoms with Gasteiger partial charge < -0.3 is 14.8 Å². The summed E-state index contributed by atoms with van der Waals surface area (Å²) < 4.78 is 0. The lowest BCUT2D eigenvalue weighted by Crippen LogP contribution is -2.43. The van der Waals surface area contributed by atoms with Crippen molar-refractivity contribution in [1.29, 1.82) is 0 Å². The lowest BCUT2D eigenvalue weighted by molar-refractivity contribution is 0.661. The van der Waals surface area contributed by atoms with E-state index in [1.807, 2.05) is 0 Å². The molecule has 0 saturated heterocycles. The number of aromatic amines is 1. The molecule has 0 amide bonds. The Morgan fingerprint density at radius 2 is 1.21 bits per heavy atom. The van der Waals surface area contributed by atoms with E-state index in [9.17, 15) is 0 Å². The van der Waals surface area contributed by atoms with Gasteiger partial charge in [-0.15, -0.1) is 0 Å². The van der Waals surface area contributed by atoms with Crippen LogP contribution in [0.5, 0.6) is 0 Å². The van der Waals surface area contributed by atoms with Gasteiger partial charge in [-0.05, 0) is 134 Å². The molecule has 1 aliphatic heterocycles. The number of hydrogen-bond donors (Lipinski definition) is 1. The van der Waals surface area contributed by atoms with Crippen LogP contribution in [-0.4, -0.2) is 12.3 Å². The predicted octanol–water partition coefficient (Wildman–Crippen LogP) is 16.9. The molecule has 0 fully saturated rings. The molecule has 11 aromatic rings. The van der Waals surface area contributed by atoms with Gasteiger partial charge in [0.15, 0.2) is 7.28 Å².